The van der Waals surface area contributed by atoms with E-state index >= 15 is 0 Å². The van der Waals surface area contributed by atoms with Crippen molar-refractivity contribution in [1.29, 1.82) is 0 Å². The number of urea groups is 1. The van der Waals surface area contributed by atoms with Crippen molar-refractivity contribution in [3.8, 4) is 11.5 Å². The van der Waals surface area contributed by atoms with Gasteiger partial charge in [-0.3, -0.25) is 0 Å². The molecular formula is C20H33N3O3. The Morgan fingerprint density at radius 3 is 2.62 bits per heavy atom. The maximum atomic E-state index is 11.9. The number of likely N-dealkylation sites (tertiary alicyclic amines) is 1. The molecular weight excluding hydrogens is 330 g/mol. The zero-order valence-corrected chi connectivity index (χ0v) is 16.5. The van der Waals surface area contributed by atoms with Crippen LogP contribution >= 0.6 is 0 Å². The number of rotatable bonds is 8. The first-order valence-corrected chi connectivity index (χ1v) is 9.67. The first-order valence-electron chi connectivity index (χ1n) is 9.67. The molecule has 0 spiro atoms. The van der Waals surface area contributed by atoms with Gasteiger partial charge in [0, 0.05) is 32.2 Å². The second-order valence-corrected chi connectivity index (χ2v) is 6.80. The minimum Gasteiger partial charge on any atom is -0.493 e. The molecule has 2 N–H and O–H groups in total. The molecule has 0 bridgehead atoms. The van der Waals surface area contributed by atoms with Gasteiger partial charge in [0.2, 0.25) is 0 Å². The van der Waals surface area contributed by atoms with Crippen LogP contribution in [0.5, 0.6) is 11.5 Å². The number of hydrogen-bond donors (Lipinski definition) is 2. The number of ether oxygens (including phenoxy) is 2. The second-order valence-electron chi connectivity index (χ2n) is 6.80. The van der Waals surface area contributed by atoms with Gasteiger partial charge in [-0.05, 0) is 50.8 Å². The maximum Gasteiger partial charge on any atom is 0.317 e. The molecule has 6 heteroatoms. The number of benzene rings is 1. The predicted molar refractivity (Wildman–Crippen MR) is 104 cm³/mol. The highest BCUT2D eigenvalue weighted by Crippen LogP contribution is 2.29. The molecule has 2 amide bonds. The summed E-state index contributed by atoms with van der Waals surface area (Å²) in [5.41, 5.74) is 1.17. The van der Waals surface area contributed by atoms with Gasteiger partial charge in [0.25, 0.3) is 0 Å². The summed E-state index contributed by atoms with van der Waals surface area (Å²) in [6.45, 7) is 9.17. The second kappa shape index (κ2) is 10.3. The third-order valence-corrected chi connectivity index (χ3v) is 4.84. The van der Waals surface area contributed by atoms with Crippen LogP contribution in [-0.2, 0) is 6.54 Å². The van der Waals surface area contributed by atoms with Gasteiger partial charge in [0.15, 0.2) is 11.5 Å². The minimum absolute atomic E-state index is 0.0487. The minimum atomic E-state index is 0.0487. The van der Waals surface area contributed by atoms with Crippen molar-refractivity contribution in [1.82, 2.24) is 15.5 Å². The quantitative estimate of drug-likeness (QED) is 0.745. The molecule has 1 aromatic rings. The van der Waals surface area contributed by atoms with Gasteiger partial charge in [-0.1, -0.05) is 13.0 Å². The summed E-state index contributed by atoms with van der Waals surface area (Å²) in [4.78, 5) is 13.7. The Labute approximate surface area is 157 Å². The fourth-order valence-corrected chi connectivity index (χ4v) is 3.03. The van der Waals surface area contributed by atoms with Gasteiger partial charge < -0.3 is 25.0 Å². The zero-order valence-electron chi connectivity index (χ0n) is 16.5. The Morgan fingerprint density at radius 2 is 2.00 bits per heavy atom. The first kappa shape index (κ1) is 20.4. The van der Waals surface area contributed by atoms with Crippen molar-refractivity contribution in [2.75, 3.05) is 26.7 Å². The van der Waals surface area contributed by atoms with Crippen molar-refractivity contribution >= 4 is 6.03 Å². The average Bonchev–Trinajstić information content (AvgIpc) is 2.67. The van der Waals surface area contributed by atoms with Crippen molar-refractivity contribution in [3.05, 3.63) is 23.8 Å². The van der Waals surface area contributed by atoms with E-state index in [1.54, 1.807) is 7.11 Å². The topological polar surface area (TPSA) is 62.8 Å². The SMILES string of the molecule is CCNC(=O)N1CCC(NCc2ccc(O[C@@H](C)CC)c(OC)c2)CC1. The molecule has 2 rings (SSSR count). The number of hydrogen-bond acceptors (Lipinski definition) is 4. The number of methoxy groups -OCH3 is 1. The van der Waals surface area contributed by atoms with E-state index in [9.17, 15) is 4.79 Å². The van der Waals surface area contributed by atoms with Gasteiger partial charge in [-0.15, -0.1) is 0 Å². The Balaban J connectivity index is 1.83. The highest BCUT2D eigenvalue weighted by molar-refractivity contribution is 5.74. The van der Waals surface area contributed by atoms with Crippen LogP contribution in [0.25, 0.3) is 0 Å². The van der Waals surface area contributed by atoms with Gasteiger partial charge in [-0.2, -0.15) is 0 Å². The average molecular weight is 364 g/mol. The highest BCUT2D eigenvalue weighted by atomic mass is 16.5. The van der Waals surface area contributed by atoms with Gasteiger partial charge in [-0.25, -0.2) is 4.79 Å². The summed E-state index contributed by atoms with van der Waals surface area (Å²) in [7, 11) is 1.67. The van der Waals surface area contributed by atoms with E-state index in [2.05, 4.69) is 30.5 Å². The molecule has 146 valence electrons. The molecule has 6 nitrogen and oxygen atoms in total. The van der Waals surface area contributed by atoms with Crippen LogP contribution < -0.4 is 20.1 Å². The van der Waals surface area contributed by atoms with Crippen LogP contribution in [0.4, 0.5) is 4.79 Å². The van der Waals surface area contributed by atoms with Crippen molar-refractivity contribution in [2.45, 2.75) is 58.7 Å². The van der Waals surface area contributed by atoms with E-state index < -0.39 is 0 Å². The molecule has 1 heterocycles. The highest BCUT2D eigenvalue weighted by Gasteiger charge is 2.22. The van der Waals surface area contributed by atoms with Crippen LogP contribution in [0, 0.1) is 0 Å². The number of piperidine rings is 1. The number of carbonyl (C=O) groups excluding carboxylic acids is 1. The fourth-order valence-electron chi connectivity index (χ4n) is 3.03. The smallest absolute Gasteiger partial charge is 0.317 e. The van der Waals surface area contributed by atoms with Gasteiger partial charge in [0.1, 0.15) is 0 Å². The van der Waals surface area contributed by atoms with Gasteiger partial charge >= 0.3 is 6.03 Å². The van der Waals surface area contributed by atoms with Crippen LogP contribution in [0.1, 0.15) is 45.6 Å². The molecule has 0 aromatic heterocycles. The first-order chi connectivity index (χ1) is 12.6. The maximum absolute atomic E-state index is 11.9. The summed E-state index contributed by atoms with van der Waals surface area (Å²) in [5.74, 6) is 1.57. The van der Waals surface area contributed by atoms with E-state index in [1.165, 1.54) is 5.56 Å². The molecule has 1 aliphatic rings. The van der Waals surface area contributed by atoms with Crippen molar-refractivity contribution in [2.24, 2.45) is 0 Å². The summed E-state index contributed by atoms with van der Waals surface area (Å²) >= 11 is 0. The van der Waals surface area contributed by atoms with E-state index in [-0.39, 0.29) is 12.1 Å². The lowest BCUT2D eigenvalue weighted by molar-refractivity contribution is 0.176. The molecule has 0 radical (unpaired) electrons. The van der Waals surface area contributed by atoms with Gasteiger partial charge in [0.05, 0.1) is 13.2 Å². The third-order valence-electron chi connectivity index (χ3n) is 4.84. The lowest BCUT2D eigenvalue weighted by atomic mass is 10.0. The Kier molecular flexibility index (Phi) is 8.04. The number of amides is 2. The predicted octanol–water partition coefficient (Wildman–Crippen LogP) is 3.16. The number of carbonyl (C=O) groups is 1. The standard InChI is InChI=1S/C20H33N3O3/c1-5-15(3)26-18-8-7-16(13-19(18)25-4)14-22-17-9-11-23(12-10-17)20(24)21-6-2/h7-8,13,15,17,22H,5-6,9-12,14H2,1-4H3,(H,21,24)/t15-/m0/s1. The normalized spacial score (nSPS) is 16.2. The third kappa shape index (κ3) is 5.80. The molecule has 0 unspecified atom stereocenters. The summed E-state index contributed by atoms with van der Waals surface area (Å²) in [6.07, 6.45) is 3.08. The summed E-state index contributed by atoms with van der Waals surface area (Å²) in [6, 6.07) is 6.58. The molecule has 1 saturated heterocycles. The zero-order chi connectivity index (χ0) is 18.9. The number of nitrogens with one attached hydrogen (secondary N) is 2. The van der Waals surface area contributed by atoms with Crippen LogP contribution in [-0.4, -0.2) is 49.8 Å². The molecule has 1 aliphatic heterocycles. The monoisotopic (exact) mass is 363 g/mol. The van der Waals surface area contributed by atoms with Crippen LogP contribution in [0.3, 0.4) is 0 Å². The molecule has 1 atom stereocenters. The Morgan fingerprint density at radius 1 is 1.27 bits per heavy atom. The largest absolute Gasteiger partial charge is 0.493 e. The fraction of sp³-hybridized carbons (Fsp3) is 0.650. The summed E-state index contributed by atoms with van der Waals surface area (Å²) in [5, 5.41) is 6.46. The molecule has 1 fully saturated rings. The Hall–Kier alpha value is -1.95. The summed E-state index contributed by atoms with van der Waals surface area (Å²) < 4.78 is 11.4. The molecule has 0 saturated carbocycles. The number of nitrogens with zero attached hydrogens (tertiary/aromatic N) is 1. The van der Waals surface area contributed by atoms with E-state index in [0.717, 1.165) is 50.4 Å². The Bertz CT molecular complexity index is 571. The van der Waals surface area contributed by atoms with Crippen LogP contribution in [0.15, 0.2) is 18.2 Å². The molecule has 0 aliphatic carbocycles. The molecule has 1 aromatic carbocycles. The van der Waals surface area contributed by atoms with Crippen molar-refractivity contribution in [3.63, 3.8) is 0 Å². The van der Waals surface area contributed by atoms with E-state index in [0.29, 0.717) is 12.6 Å². The van der Waals surface area contributed by atoms with E-state index in [4.69, 9.17) is 9.47 Å². The van der Waals surface area contributed by atoms with Crippen LogP contribution in [0.2, 0.25) is 0 Å². The lowest BCUT2D eigenvalue weighted by Gasteiger charge is -2.32. The van der Waals surface area contributed by atoms with Crippen molar-refractivity contribution < 1.29 is 14.3 Å². The lowest BCUT2D eigenvalue weighted by Crippen LogP contribution is -2.48. The van der Waals surface area contributed by atoms with E-state index in [1.807, 2.05) is 24.0 Å². The molecule has 26 heavy (non-hydrogen) atoms.